The van der Waals surface area contributed by atoms with Crippen LogP contribution in [0.4, 0.5) is 18.9 Å². The van der Waals surface area contributed by atoms with Crippen LogP contribution in [0.5, 0.6) is 0 Å². The summed E-state index contributed by atoms with van der Waals surface area (Å²) in [6.45, 7) is 4.04. The number of nitrogens with one attached hydrogen (secondary N) is 1. The minimum atomic E-state index is -4.18. The van der Waals surface area contributed by atoms with Crippen molar-refractivity contribution in [3.8, 4) is 0 Å². The maximum absolute atomic E-state index is 12.8. The molecule has 0 saturated heterocycles. The van der Waals surface area contributed by atoms with Gasteiger partial charge in [0.25, 0.3) is 0 Å². The van der Waals surface area contributed by atoms with Gasteiger partial charge in [0.2, 0.25) is 0 Å². The molecule has 1 aromatic carbocycles. The molecule has 1 saturated carbocycles. The molecular formula is C16H23F3N2. The Kier molecular flexibility index (Phi) is 5.14. The Morgan fingerprint density at radius 2 is 2.00 bits per heavy atom. The lowest BCUT2D eigenvalue weighted by molar-refractivity contribution is -0.119. The zero-order valence-corrected chi connectivity index (χ0v) is 12.6. The van der Waals surface area contributed by atoms with Crippen LogP contribution in [0.3, 0.4) is 0 Å². The van der Waals surface area contributed by atoms with Crippen LogP contribution in [0.25, 0.3) is 0 Å². The highest BCUT2D eigenvalue weighted by molar-refractivity contribution is 5.55. The quantitative estimate of drug-likeness (QED) is 0.818. The van der Waals surface area contributed by atoms with E-state index in [-0.39, 0.29) is 0 Å². The van der Waals surface area contributed by atoms with E-state index in [1.54, 1.807) is 0 Å². The van der Waals surface area contributed by atoms with Gasteiger partial charge in [0.05, 0.1) is 0 Å². The summed E-state index contributed by atoms with van der Waals surface area (Å²) in [5.41, 5.74) is 2.74. The third-order valence-corrected chi connectivity index (χ3v) is 3.60. The second-order valence-corrected chi connectivity index (χ2v) is 5.82. The van der Waals surface area contributed by atoms with E-state index in [1.807, 2.05) is 32.0 Å². The Bertz CT molecular complexity index is 467. The van der Waals surface area contributed by atoms with E-state index in [2.05, 4.69) is 5.32 Å². The number of anilines is 1. The molecule has 1 aliphatic rings. The van der Waals surface area contributed by atoms with Crippen molar-refractivity contribution in [2.75, 3.05) is 18.0 Å². The monoisotopic (exact) mass is 300 g/mol. The highest BCUT2D eigenvalue weighted by atomic mass is 19.4. The number of halogens is 3. The van der Waals surface area contributed by atoms with E-state index in [0.29, 0.717) is 31.2 Å². The molecule has 21 heavy (non-hydrogen) atoms. The molecule has 1 fully saturated rings. The van der Waals surface area contributed by atoms with Crippen LogP contribution in [-0.4, -0.2) is 25.3 Å². The molecule has 2 rings (SSSR count). The highest BCUT2D eigenvalue weighted by Crippen LogP contribution is 2.28. The summed E-state index contributed by atoms with van der Waals surface area (Å²) in [6.07, 6.45) is -1.15. The van der Waals surface area contributed by atoms with Crippen LogP contribution in [0, 0.1) is 6.92 Å². The molecule has 1 aromatic rings. The SMILES string of the molecule is CCCN(CC(F)(F)F)c1ccc(C)cc1CNC1CC1. The van der Waals surface area contributed by atoms with E-state index < -0.39 is 12.7 Å². The topological polar surface area (TPSA) is 15.3 Å². The molecule has 0 spiro atoms. The molecule has 0 bridgehead atoms. The number of alkyl halides is 3. The molecule has 5 heteroatoms. The Labute approximate surface area is 124 Å². The van der Waals surface area contributed by atoms with Crippen molar-refractivity contribution in [1.29, 1.82) is 0 Å². The maximum atomic E-state index is 12.8. The van der Waals surface area contributed by atoms with Gasteiger partial charge < -0.3 is 10.2 Å². The summed E-state index contributed by atoms with van der Waals surface area (Å²) in [6, 6.07) is 6.24. The standard InChI is InChI=1S/C16H23F3N2/c1-3-8-21(11-16(17,18)19)15-7-4-12(2)9-13(15)10-20-14-5-6-14/h4,7,9,14,20H,3,5-6,8,10-11H2,1-2H3. The summed E-state index contributed by atoms with van der Waals surface area (Å²) in [5.74, 6) is 0. The van der Waals surface area contributed by atoms with Gasteiger partial charge in [-0.1, -0.05) is 24.6 Å². The fourth-order valence-corrected chi connectivity index (χ4v) is 2.48. The molecule has 1 aliphatic carbocycles. The molecule has 0 aliphatic heterocycles. The smallest absolute Gasteiger partial charge is 0.362 e. The van der Waals surface area contributed by atoms with Gasteiger partial charge in [0, 0.05) is 24.8 Å². The molecule has 0 atom stereocenters. The van der Waals surface area contributed by atoms with E-state index in [1.165, 1.54) is 17.7 Å². The van der Waals surface area contributed by atoms with Gasteiger partial charge in [-0.15, -0.1) is 0 Å². The lowest BCUT2D eigenvalue weighted by Gasteiger charge is -2.28. The molecule has 0 heterocycles. The predicted molar refractivity (Wildman–Crippen MR) is 79.6 cm³/mol. The first-order valence-electron chi connectivity index (χ1n) is 7.53. The van der Waals surface area contributed by atoms with Crippen molar-refractivity contribution in [3.05, 3.63) is 29.3 Å². The van der Waals surface area contributed by atoms with E-state index >= 15 is 0 Å². The van der Waals surface area contributed by atoms with Crippen LogP contribution >= 0.6 is 0 Å². The summed E-state index contributed by atoms with van der Waals surface area (Å²) in [4.78, 5) is 1.45. The van der Waals surface area contributed by atoms with Crippen molar-refractivity contribution in [3.63, 3.8) is 0 Å². The average molecular weight is 300 g/mol. The van der Waals surface area contributed by atoms with Gasteiger partial charge >= 0.3 is 6.18 Å². The molecule has 2 nitrogen and oxygen atoms in total. The highest BCUT2D eigenvalue weighted by Gasteiger charge is 2.31. The van der Waals surface area contributed by atoms with Crippen LogP contribution in [-0.2, 0) is 6.54 Å². The summed E-state index contributed by atoms with van der Waals surface area (Å²) in [5, 5.41) is 3.39. The number of hydrogen-bond donors (Lipinski definition) is 1. The van der Waals surface area contributed by atoms with Gasteiger partial charge in [-0.25, -0.2) is 0 Å². The van der Waals surface area contributed by atoms with E-state index in [4.69, 9.17) is 0 Å². The molecule has 0 unspecified atom stereocenters. The zero-order chi connectivity index (χ0) is 15.5. The minimum absolute atomic E-state index is 0.416. The number of benzene rings is 1. The van der Waals surface area contributed by atoms with Crippen molar-refractivity contribution in [2.24, 2.45) is 0 Å². The largest absolute Gasteiger partial charge is 0.405 e. The second kappa shape index (κ2) is 6.69. The lowest BCUT2D eigenvalue weighted by atomic mass is 10.1. The van der Waals surface area contributed by atoms with E-state index in [9.17, 15) is 13.2 Å². The fourth-order valence-electron chi connectivity index (χ4n) is 2.48. The Morgan fingerprint density at radius 1 is 1.29 bits per heavy atom. The molecule has 1 N–H and O–H groups in total. The van der Waals surface area contributed by atoms with Crippen molar-refractivity contribution >= 4 is 5.69 Å². The summed E-state index contributed by atoms with van der Waals surface area (Å²) in [7, 11) is 0. The van der Waals surface area contributed by atoms with Gasteiger partial charge in [-0.05, 0) is 37.8 Å². The van der Waals surface area contributed by atoms with Crippen LogP contribution in [0.15, 0.2) is 18.2 Å². The van der Waals surface area contributed by atoms with Crippen LogP contribution in [0.1, 0.15) is 37.3 Å². The Hall–Kier alpha value is -1.23. The second-order valence-electron chi connectivity index (χ2n) is 5.82. The predicted octanol–water partition coefficient (Wildman–Crippen LogP) is 4.03. The van der Waals surface area contributed by atoms with Crippen molar-refractivity contribution in [1.82, 2.24) is 5.32 Å². The van der Waals surface area contributed by atoms with Gasteiger partial charge in [0.1, 0.15) is 6.54 Å². The normalized spacial score (nSPS) is 15.3. The molecule has 0 amide bonds. The number of hydrogen-bond acceptors (Lipinski definition) is 2. The number of rotatable bonds is 7. The summed E-state index contributed by atoms with van der Waals surface area (Å²) < 4.78 is 38.4. The third-order valence-electron chi connectivity index (χ3n) is 3.60. The first-order chi connectivity index (χ1) is 9.89. The zero-order valence-electron chi connectivity index (χ0n) is 12.6. The van der Waals surface area contributed by atoms with Crippen LogP contribution < -0.4 is 10.2 Å². The lowest BCUT2D eigenvalue weighted by Crippen LogP contribution is -2.35. The molecule has 0 aromatic heterocycles. The maximum Gasteiger partial charge on any atom is 0.405 e. The first kappa shape index (κ1) is 16.1. The first-order valence-corrected chi connectivity index (χ1v) is 7.53. The summed E-state index contributed by atoms with van der Waals surface area (Å²) >= 11 is 0. The molecule has 118 valence electrons. The Morgan fingerprint density at radius 3 is 2.57 bits per heavy atom. The molecular weight excluding hydrogens is 277 g/mol. The third kappa shape index (κ3) is 5.23. The minimum Gasteiger partial charge on any atom is -0.362 e. The van der Waals surface area contributed by atoms with Crippen molar-refractivity contribution in [2.45, 2.75) is 51.9 Å². The number of nitrogens with zero attached hydrogens (tertiary/aromatic N) is 1. The number of aryl methyl sites for hydroxylation is 1. The fraction of sp³-hybridized carbons (Fsp3) is 0.625. The van der Waals surface area contributed by atoms with Gasteiger partial charge in [0.15, 0.2) is 0 Å². The van der Waals surface area contributed by atoms with Gasteiger partial charge in [-0.2, -0.15) is 13.2 Å². The molecule has 0 radical (unpaired) electrons. The van der Waals surface area contributed by atoms with E-state index in [0.717, 1.165) is 11.1 Å². The van der Waals surface area contributed by atoms with Gasteiger partial charge in [-0.3, -0.25) is 0 Å². The van der Waals surface area contributed by atoms with Crippen molar-refractivity contribution < 1.29 is 13.2 Å². The average Bonchev–Trinajstić information content (AvgIpc) is 3.18. The van der Waals surface area contributed by atoms with Crippen LogP contribution in [0.2, 0.25) is 0 Å². The Balaban J connectivity index is 2.19.